The SMILES string of the molecule is CC(CNC1CC1)CN1CCOC(C)(C)C1. The van der Waals surface area contributed by atoms with Crippen molar-refractivity contribution in [3.8, 4) is 0 Å². The van der Waals surface area contributed by atoms with Gasteiger partial charge in [0.05, 0.1) is 12.2 Å². The standard InChI is InChI=1S/C13H26N2O/c1-11(8-14-12-4-5-12)9-15-6-7-16-13(2,3)10-15/h11-12,14H,4-10H2,1-3H3. The molecule has 3 heteroatoms. The maximum Gasteiger partial charge on any atom is 0.0753 e. The Kier molecular flexibility index (Phi) is 3.88. The molecule has 1 aliphatic heterocycles. The lowest BCUT2D eigenvalue weighted by Gasteiger charge is -2.39. The summed E-state index contributed by atoms with van der Waals surface area (Å²) < 4.78 is 5.73. The topological polar surface area (TPSA) is 24.5 Å². The van der Waals surface area contributed by atoms with E-state index in [2.05, 4.69) is 31.0 Å². The monoisotopic (exact) mass is 226 g/mol. The minimum Gasteiger partial charge on any atom is -0.373 e. The summed E-state index contributed by atoms with van der Waals surface area (Å²) in [6, 6.07) is 0.837. The van der Waals surface area contributed by atoms with E-state index in [9.17, 15) is 0 Å². The molecule has 0 amide bonds. The lowest BCUT2D eigenvalue weighted by Crippen LogP contribution is -2.50. The van der Waals surface area contributed by atoms with E-state index < -0.39 is 0 Å². The van der Waals surface area contributed by atoms with Crippen molar-refractivity contribution in [2.24, 2.45) is 5.92 Å². The predicted octanol–water partition coefficient (Wildman–Crippen LogP) is 1.49. The number of nitrogens with zero attached hydrogens (tertiary/aromatic N) is 1. The quantitative estimate of drug-likeness (QED) is 0.768. The van der Waals surface area contributed by atoms with Crippen LogP contribution in [0.25, 0.3) is 0 Å². The zero-order chi connectivity index (χ0) is 11.6. The van der Waals surface area contributed by atoms with E-state index in [1.54, 1.807) is 0 Å². The Balaban J connectivity index is 1.66. The van der Waals surface area contributed by atoms with Crippen LogP contribution >= 0.6 is 0 Å². The van der Waals surface area contributed by atoms with Crippen LogP contribution in [-0.2, 0) is 4.74 Å². The Morgan fingerprint density at radius 3 is 2.81 bits per heavy atom. The smallest absolute Gasteiger partial charge is 0.0753 e. The lowest BCUT2D eigenvalue weighted by molar-refractivity contribution is -0.0884. The molecule has 0 aromatic carbocycles. The molecule has 0 spiro atoms. The van der Waals surface area contributed by atoms with E-state index in [0.717, 1.165) is 31.7 Å². The normalized spacial score (nSPS) is 27.9. The molecule has 16 heavy (non-hydrogen) atoms. The largest absolute Gasteiger partial charge is 0.373 e. The van der Waals surface area contributed by atoms with E-state index in [1.807, 2.05) is 0 Å². The summed E-state index contributed by atoms with van der Waals surface area (Å²) in [5.41, 5.74) is 0.0435. The second kappa shape index (κ2) is 5.03. The van der Waals surface area contributed by atoms with E-state index in [0.29, 0.717) is 0 Å². The Hall–Kier alpha value is -0.120. The molecule has 1 unspecified atom stereocenters. The Morgan fingerprint density at radius 1 is 1.44 bits per heavy atom. The second-order valence-electron chi connectivity index (χ2n) is 6.13. The van der Waals surface area contributed by atoms with Gasteiger partial charge in [0.25, 0.3) is 0 Å². The second-order valence-corrected chi connectivity index (χ2v) is 6.13. The summed E-state index contributed by atoms with van der Waals surface area (Å²) in [4.78, 5) is 2.54. The van der Waals surface area contributed by atoms with Gasteiger partial charge in [0.15, 0.2) is 0 Å². The summed E-state index contributed by atoms with van der Waals surface area (Å²) in [5.74, 6) is 0.745. The van der Waals surface area contributed by atoms with Crippen LogP contribution < -0.4 is 5.32 Å². The molecule has 0 radical (unpaired) electrons. The van der Waals surface area contributed by atoms with Gasteiger partial charge >= 0.3 is 0 Å². The van der Waals surface area contributed by atoms with Gasteiger partial charge in [0.2, 0.25) is 0 Å². The Bertz CT molecular complexity index is 226. The molecule has 1 saturated heterocycles. The molecule has 1 heterocycles. The van der Waals surface area contributed by atoms with Crippen molar-refractivity contribution >= 4 is 0 Å². The maximum atomic E-state index is 5.73. The third-order valence-electron chi connectivity index (χ3n) is 3.41. The van der Waals surface area contributed by atoms with E-state index in [-0.39, 0.29) is 5.60 Å². The molecule has 2 aliphatic rings. The number of nitrogens with one attached hydrogen (secondary N) is 1. The molecule has 1 aliphatic carbocycles. The summed E-state index contributed by atoms with van der Waals surface area (Å²) in [7, 11) is 0. The van der Waals surface area contributed by atoms with E-state index >= 15 is 0 Å². The van der Waals surface area contributed by atoms with Gasteiger partial charge in [-0.3, -0.25) is 4.90 Å². The van der Waals surface area contributed by atoms with Gasteiger partial charge in [-0.15, -0.1) is 0 Å². The maximum absolute atomic E-state index is 5.73. The summed E-state index contributed by atoms with van der Waals surface area (Å²) in [6.07, 6.45) is 2.77. The zero-order valence-corrected chi connectivity index (χ0v) is 11.0. The molecule has 0 aromatic heterocycles. The third kappa shape index (κ3) is 4.04. The van der Waals surface area contributed by atoms with Crippen LogP contribution in [0.1, 0.15) is 33.6 Å². The number of rotatable bonds is 5. The Morgan fingerprint density at radius 2 is 2.19 bits per heavy atom. The molecule has 1 saturated carbocycles. The van der Waals surface area contributed by atoms with Crippen LogP contribution in [0, 0.1) is 5.92 Å². The summed E-state index contributed by atoms with van der Waals surface area (Å²) in [6.45, 7) is 12.1. The molecule has 94 valence electrons. The molecule has 2 fully saturated rings. The minimum absolute atomic E-state index is 0.0435. The van der Waals surface area contributed by atoms with Gasteiger partial charge in [0.1, 0.15) is 0 Å². The third-order valence-corrected chi connectivity index (χ3v) is 3.41. The van der Waals surface area contributed by atoms with Gasteiger partial charge in [0, 0.05) is 25.7 Å². The van der Waals surface area contributed by atoms with Gasteiger partial charge in [-0.2, -0.15) is 0 Å². The molecule has 0 bridgehead atoms. The molecule has 2 rings (SSSR count). The molecule has 3 nitrogen and oxygen atoms in total. The average molecular weight is 226 g/mol. The molecular weight excluding hydrogens is 200 g/mol. The van der Waals surface area contributed by atoms with Crippen molar-refractivity contribution in [3.63, 3.8) is 0 Å². The predicted molar refractivity (Wildman–Crippen MR) is 66.7 cm³/mol. The number of ether oxygens (including phenoxy) is 1. The fourth-order valence-corrected chi connectivity index (χ4v) is 2.43. The van der Waals surface area contributed by atoms with Crippen LogP contribution in [0.5, 0.6) is 0 Å². The first-order chi connectivity index (χ1) is 7.55. The zero-order valence-electron chi connectivity index (χ0n) is 11.0. The molecule has 0 aromatic rings. The van der Waals surface area contributed by atoms with Crippen LogP contribution in [0.2, 0.25) is 0 Å². The van der Waals surface area contributed by atoms with E-state index in [1.165, 1.54) is 25.9 Å². The fraction of sp³-hybridized carbons (Fsp3) is 1.00. The first-order valence-corrected chi connectivity index (χ1v) is 6.65. The first kappa shape index (κ1) is 12.3. The van der Waals surface area contributed by atoms with Gasteiger partial charge in [-0.05, 0) is 39.2 Å². The van der Waals surface area contributed by atoms with Crippen molar-refractivity contribution < 1.29 is 4.74 Å². The van der Waals surface area contributed by atoms with Crippen LogP contribution in [0.3, 0.4) is 0 Å². The highest BCUT2D eigenvalue weighted by Gasteiger charge is 2.28. The van der Waals surface area contributed by atoms with Gasteiger partial charge in [-0.1, -0.05) is 6.92 Å². The van der Waals surface area contributed by atoms with Crippen molar-refractivity contribution in [2.45, 2.75) is 45.3 Å². The summed E-state index contributed by atoms with van der Waals surface area (Å²) >= 11 is 0. The van der Waals surface area contributed by atoms with Crippen molar-refractivity contribution in [1.82, 2.24) is 10.2 Å². The molecule has 1 N–H and O–H groups in total. The summed E-state index contributed by atoms with van der Waals surface area (Å²) in [5, 5.41) is 3.61. The van der Waals surface area contributed by atoms with Gasteiger partial charge < -0.3 is 10.1 Å². The highest BCUT2D eigenvalue weighted by Crippen LogP contribution is 2.20. The first-order valence-electron chi connectivity index (χ1n) is 6.65. The molecule has 1 atom stereocenters. The van der Waals surface area contributed by atoms with Crippen LogP contribution in [0.15, 0.2) is 0 Å². The minimum atomic E-state index is 0.0435. The van der Waals surface area contributed by atoms with E-state index in [4.69, 9.17) is 4.74 Å². The lowest BCUT2D eigenvalue weighted by atomic mass is 10.1. The molecular formula is C13H26N2O. The average Bonchev–Trinajstić information content (AvgIpc) is 2.96. The van der Waals surface area contributed by atoms with Crippen LogP contribution in [0.4, 0.5) is 0 Å². The van der Waals surface area contributed by atoms with Gasteiger partial charge in [-0.25, -0.2) is 0 Å². The Labute approximate surface area is 99.5 Å². The van der Waals surface area contributed by atoms with Crippen molar-refractivity contribution in [2.75, 3.05) is 32.8 Å². The van der Waals surface area contributed by atoms with Crippen LogP contribution in [-0.4, -0.2) is 49.3 Å². The number of hydrogen-bond acceptors (Lipinski definition) is 3. The van der Waals surface area contributed by atoms with Crippen molar-refractivity contribution in [3.05, 3.63) is 0 Å². The number of morpholine rings is 1. The highest BCUT2D eigenvalue weighted by molar-refractivity contribution is 4.83. The van der Waals surface area contributed by atoms with Crippen molar-refractivity contribution in [1.29, 1.82) is 0 Å². The fourth-order valence-electron chi connectivity index (χ4n) is 2.43. The highest BCUT2D eigenvalue weighted by atomic mass is 16.5. The number of hydrogen-bond donors (Lipinski definition) is 1.